The molecule has 0 bridgehead atoms. The highest BCUT2D eigenvalue weighted by Gasteiger charge is 2.11. The molecule has 0 unspecified atom stereocenters. The Hall–Kier alpha value is -1.75. The Morgan fingerprint density at radius 1 is 1.35 bits per heavy atom. The minimum Gasteiger partial charge on any atom is -0.494 e. The number of benzene rings is 1. The molecule has 5 heteroatoms. The van der Waals surface area contributed by atoms with E-state index in [1.165, 1.54) is 0 Å². The molecule has 1 amide bonds. The Kier molecular flexibility index (Phi) is 4.84. The normalized spacial score (nSPS) is 10.3. The number of ether oxygens (including phenoxy) is 1. The average molecular weight is 338 g/mol. The van der Waals surface area contributed by atoms with E-state index in [0.717, 1.165) is 11.3 Å². The summed E-state index contributed by atoms with van der Waals surface area (Å²) in [7, 11) is 0. The van der Waals surface area contributed by atoms with E-state index in [1.807, 2.05) is 25.1 Å². The molecule has 0 saturated heterocycles. The van der Waals surface area contributed by atoms with Crippen molar-refractivity contribution in [2.24, 2.45) is 0 Å². The standard InChI is InChI=1S/C15H16BrNO3/c1-3-19-13-7-5-12(8-11(13)9-16)17-15(18)14-6-4-10(2)20-14/h4-8H,3,9H2,1-2H3,(H,17,18). The number of anilines is 1. The molecule has 1 aromatic carbocycles. The number of carbonyl (C=O) groups excluding carboxylic acids is 1. The van der Waals surface area contributed by atoms with Crippen LogP contribution in [0.1, 0.15) is 28.8 Å². The zero-order valence-electron chi connectivity index (χ0n) is 11.4. The van der Waals surface area contributed by atoms with Crippen molar-refractivity contribution in [1.82, 2.24) is 0 Å². The second-order valence-electron chi connectivity index (χ2n) is 4.25. The van der Waals surface area contributed by atoms with E-state index in [-0.39, 0.29) is 5.91 Å². The van der Waals surface area contributed by atoms with Crippen LogP contribution in [0.3, 0.4) is 0 Å². The Bertz CT molecular complexity index is 607. The van der Waals surface area contributed by atoms with Crippen molar-refractivity contribution in [3.05, 3.63) is 47.4 Å². The molecule has 0 aliphatic rings. The number of carbonyl (C=O) groups is 1. The number of amides is 1. The van der Waals surface area contributed by atoms with E-state index >= 15 is 0 Å². The topological polar surface area (TPSA) is 51.5 Å². The number of rotatable bonds is 5. The molecule has 0 radical (unpaired) electrons. The lowest BCUT2D eigenvalue weighted by atomic mass is 10.2. The lowest BCUT2D eigenvalue weighted by Gasteiger charge is -2.10. The maximum absolute atomic E-state index is 12.0. The zero-order chi connectivity index (χ0) is 14.5. The van der Waals surface area contributed by atoms with Crippen LogP contribution in [0.15, 0.2) is 34.7 Å². The van der Waals surface area contributed by atoms with Crippen LogP contribution >= 0.6 is 15.9 Å². The third-order valence-electron chi connectivity index (χ3n) is 2.73. The number of aryl methyl sites for hydroxylation is 1. The summed E-state index contributed by atoms with van der Waals surface area (Å²) in [6.45, 7) is 4.35. The average Bonchev–Trinajstić information content (AvgIpc) is 2.87. The van der Waals surface area contributed by atoms with Crippen LogP contribution in [0.4, 0.5) is 5.69 Å². The second kappa shape index (κ2) is 6.61. The Labute approximate surface area is 126 Å². The first-order valence-electron chi connectivity index (χ1n) is 6.33. The molecule has 2 aromatic rings. The first-order valence-corrected chi connectivity index (χ1v) is 7.45. The zero-order valence-corrected chi connectivity index (χ0v) is 13.0. The summed E-state index contributed by atoms with van der Waals surface area (Å²) in [6, 6.07) is 8.96. The molecule has 0 atom stereocenters. The fourth-order valence-electron chi connectivity index (χ4n) is 1.81. The van der Waals surface area contributed by atoms with Gasteiger partial charge in [-0.1, -0.05) is 15.9 Å². The highest BCUT2D eigenvalue weighted by Crippen LogP contribution is 2.25. The Morgan fingerprint density at radius 2 is 2.15 bits per heavy atom. The van der Waals surface area contributed by atoms with Crippen LogP contribution in [-0.4, -0.2) is 12.5 Å². The smallest absolute Gasteiger partial charge is 0.291 e. The summed E-state index contributed by atoms with van der Waals surface area (Å²) in [5.41, 5.74) is 1.70. The lowest BCUT2D eigenvalue weighted by molar-refractivity contribution is 0.0995. The highest BCUT2D eigenvalue weighted by molar-refractivity contribution is 9.08. The molecule has 20 heavy (non-hydrogen) atoms. The van der Waals surface area contributed by atoms with Crippen LogP contribution in [0, 0.1) is 6.92 Å². The van der Waals surface area contributed by atoms with Crippen LogP contribution in [0.25, 0.3) is 0 Å². The van der Waals surface area contributed by atoms with Gasteiger partial charge in [-0.3, -0.25) is 4.79 Å². The fraction of sp³-hybridized carbons (Fsp3) is 0.267. The largest absolute Gasteiger partial charge is 0.494 e. The Balaban J connectivity index is 2.15. The molecule has 4 nitrogen and oxygen atoms in total. The van der Waals surface area contributed by atoms with E-state index in [1.54, 1.807) is 19.1 Å². The van der Waals surface area contributed by atoms with E-state index in [9.17, 15) is 4.79 Å². The van der Waals surface area contributed by atoms with Gasteiger partial charge in [0.05, 0.1) is 6.61 Å². The summed E-state index contributed by atoms with van der Waals surface area (Å²) in [5.74, 6) is 1.57. The van der Waals surface area contributed by atoms with E-state index in [0.29, 0.717) is 29.1 Å². The van der Waals surface area contributed by atoms with Gasteiger partial charge in [0.15, 0.2) is 5.76 Å². The third kappa shape index (κ3) is 3.42. The predicted molar refractivity (Wildman–Crippen MR) is 81.6 cm³/mol. The molecule has 106 valence electrons. The minimum absolute atomic E-state index is 0.261. The van der Waals surface area contributed by atoms with Crippen LogP contribution in [0.2, 0.25) is 0 Å². The van der Waals surface area contributed by atoms with Gasteiger partial charge in [0.2, 0.25) is 0 Å². The van der Waals surface area contributed by atoms with Gasteiger partial charge in [0.1, 0.15) is 11.5 Å². The number of hydrogen-bond donors (Lipinski definition) is 1. The number of furan rings is 1. The molecule has 2 rings (SSSR count). The van der Waals surface area contributed by atoms with E-state index in [4.69, 9.17) is 9.15 Å². The van der Waals surface area contributed by atoms with Crippen molar-refractivity contribution < 1.29 is 13.9 Å². The van der Waals surface area contributed by atoms with Crippen molar-refractivity contribution in [3.8, 4) is 5.75 Å². The van der Waals surface area contributed by atoms with Gasteiger partial charge < -0.3 is 14.5 Å². The van der Waals surface area contributed by atoms with Gasteiger partial charge in [0, 0.05) is 16.6 Å². The summed E-state index contributed by atoms with van der Waals surface area (Å²) < 4.78 is 10.8. The summed E-state index contributed by atoms with van der Waals surface area (Å²) in [6.07, 6.45) is 0. The first-order chi connectivity index (χ1) is 9.63. The summed E-state index contributed by atoms with van der Waals surface area (Å²) >= 11 is 3.42. The SMILES string of the molecule is CCOc1ccc(NC(=O)c2ccc(C)o2)cc1CBr. The molecule has 1 heterocycles. The van der Waals surface area contributed by atoms with Crippen molar-refractivity contribution in [2.75, 3.05) is 11.9 Å². The van der Waals surface area contributed by atoms with Gasteiger partial charge >= 0.3 is 0 Å². The number of hydrogen-bond acceptors (Lipinski definition) is 3. The minimum atomic E-state index is -0.261. The van der Waals surface area contributed by atoms with Crippen LogP contribution < -0.4 is 10.1 Å². The number of halogens is 1. The van der Waals surface area contributed by atoms with Crippen molar-refractivity contribution in [3.63, 3.8) is 0 Å². The quantitative estimate of drug-likeness (QED) is 0.834. The van der Waals surface area contributed by atoms with E-state index in [2.05, 4.69) is 21.2 Å². The molecule has 0 spiro atoms. The van der Waals surface area contributed by atoms with Gasteiger partial charge in [-0.15, -0.1) is 0 Å². The van der Waals surface area contributed by atoms with Gasteiger partial charge in [-0.05, 0) is 44.2 Å². The van der Waals surface area contributed by atoms with Crippen LogP contribution in [-0.2, 0) is 5.33 Å². The number of nitrogens with one attached hydrogen (secondary N) is 1. The second-order valence-corrected chi connectivity index (χ2v) is 4.81. The molecule has 1 aromatic heterocycles. The maximum Gasteiger partial charge on any atom is 0.291 e. The summed E-state index contributed by atoms with van der Waals surface area (Å²) in [5, 5.41) is 3.47. The molecular formula is C15H16BrNO3. The molecular weight excluding hydrogens is 322 g/mol. The lowest BCUT2D eigenvalue weighted by Crippen LogP contribution is -2.11. The highest BCUT2D eigenvalue weighted by atomic mass is 79.9. The molecule has 0 fully saturated rings. The Morgan fingerprint density at radius 3 is 2.75 bits per heavy atom. The van der Waals surface area contributed by atoms with Gasteiger partial charge in [0.25, 0.3) is 5.91 Å². The molecule has 0 aliphatic heterocycles. The van der Waals surface area contributed by atoms with Gasteiger partial charge in [-0.25, -0.2) is 0 Å². The van der Waals surface area contributed by atoms with Crippen LogP contribution in [0.5, 0.6) is 5.75 Å². The maximum atomic E-state index is 12.0. The first kappa shape index (κ1) is 14.7. The predicted octanol–water partition coefficient (Wildman–Crippen LogP) is 4.13. The molecule has 1 N–H and O–H groups in total. The fourth-order valence-corrected chi connectivity index (χ4v) is 2.25. The number of alkyl halides is 1. The van der Waals surface area contributed by atoms with Crippen molar-refractivity contribution in [1.29, 1.82) is 0 Å². The van der Waals surface area contributed by atoms with E-state index < -0.39 is 0 Å². The summed E-state index contributed by atoms with van der Waals surface area (Å²) in [4.78, 5) is 12.0. The molecule has 0 aliphatic carbocycles. The monoisotopic (exact) mass is 337 g/mol. The third-order valence-corrected chi connectivity index (χ3v) is 3.33. The molecule has 0 saturated carbocycles. The van der Waals surface area contributed by atoms with Gasteiger partial charge in [-0.2, -0.15) is 0 Å². The van der Waals surface area contributed by atoms with Crippen molar-refractivity contribution in [2.45, 2.75) is 19.2 Å². The van der Waals surface area contributed by atoms with Crippen molar-refractivity contribution >= 4 is 27.5 Å².